The third-order valence-electron chi connectivity index (χ3n) is 6.09. The second kappa shape index (κ2) is 9.79. The molecule has 162 valence electrons. The van der Waals surface area contributed by atoms with E-state index in [2.05, 4.69) is 67.6 Å². The lowest BCUT2D eigenvalue weighted by molar-refractivity contribution is 0.0512. The first-order valence-corrected chi connectivity index (χ1v) is 10.8. The number of guanidine groups is 1. The number of aliphatic imine (C=N–C) groups is 1. The quantitative estimate of drug-likeness (QED) is 0.473. The normalized spacial score (nSPS) is 16.1. The zero-order valence-electron chi connectivity index (χ0n) is 18.3. The number of hydrogen-bond donors (Lipinski definition) is 2. The number of benzene rings is 2. The maximum atomic E-state index is 5.66. The third kappa shape index (κ3) is 4.97. The first kappa shape index (κ1) is 21.1. The fourth-order valence-electron chi connectivity index (χ4n) is 4.26. The molecule has 1 aliphatic heterocycles. The van der Waals surface area contributed by atoms with E-state index in [9.17, 15) is 0 Å². The summed E-state index contributed by atoms with van der Waals surface area (Å²) in [5, 5.41) is 3.62. The molecule has 1 aromatic heterocycles. The molecule has 31 heavy (non-hydrogen) atoms. The standard InChI is InChI=1S/C25H31N5O/c1-26-24(28-19-25(13-15-31-16-14-25)21-11-7-4-8-12-21)30(2)18-23-27-17-22(29-23)20-9-5-3-6-10-20/h3-12,17H,13-16,18-19H2,1-2H3,(H,26,28)(H,27,29). The molecule has 0 bridgehead atoms. The predicted molar refractivity (Wildman–Crippen MR) is 125 cm³/mol. The number of nitrogens with zero attached hydrogens (tertiary/aromatic N) is 3. The van der Waals surface area contributed by atoms with Gasteiger partial charge in [-0.2, -0.15) is 0 Å². The molecular formula is C25H31N5O. The van der Waals surface area contributed by atoms with Gasteiger partial charge in [0.25, 0.3) is 0 Å². The van der Waals surface area contributed by atoms with Crippen molar-refractivity contribution in [2.24, 2.45) is 4.99 Å². The number of imidazole rings is 1. The van der Waals surface area contributed by atoms with Gasteiger partial charge in [-0.3, -0.25) is 4.99 Å². The number of aromatic amines is 1. The Morgan fingerprint density at radius 1 is 1.10 bits per heavy atom. The fourth-order valence-corrected chi connectivity index (χ4v) is 4.26. The molecule has 6 heteroatoms. The molecule has 2 heterocycles. The Kier molecular flexibility index (Phi) is 6.67. The fraction of sp³-hybridized carbons (Fsp3) is 0.360. The average Bonchev–Trinajstić information content (AvgIpc) is 3.30. The highest BCUT2D eigenvalue weighted by atomic mass is 16.5. The van der Waals surface area contributed by atoms with Gasteiger partial charge in [-0.1, -0.05) is 60.7 Å². The first-order valence-electron chi connectivity index (χ1n) is 10.8. The average molecular weight is 418 g/mol. The van der Waals surface area contributed by atoms with Crippen LogP contribution >= 0.6 is 0 Å². The lowest BCUT2D eigenvalue weighted by Gasteiger charge is -2.39. The topological polar surface area (TPSA) is 65.5 Å². The van der Waals surface area contributed by atoms with Crippen LogP contribution in [-0.2, 0) is 16.7 Å². The molecule has 0 amide bonds. The van der Waals surface area contributed by atoms with Crippen molar-refractivity contribution in [3.05, 3.63) is 78.2 Å². The summed E-state index contributed by atoms with van der Waals surface area (Å²) in [5.41, 5.74) is 3.58. The number of rotatable bonds is 6. The molecule has 2 aromatic carbocycles. The van der Waals surface area contributed by atoms with Crippen molar-refractivity contribution in [1.29, 1.82) is 0 Å². The molecule has 0 atom stereocenters. The first-order chi connectivity index (χ1) is 15.2. The zero-order valence-corrected chi connectivity index (χ0v) is 18.3. The van der Waals surface area contributed by atoms with Gasteiger partial charge in [0.1, 0.15) is 5.82 Å². The minimum absolute atomic E-state index is 0.0570. The monoisotopic (exact) mass is 417 g/mol. The van der Waals surface area contributed by atoms with Crippen molar-refractivity contribution >= 4 is 5.96 Å². The largest absolute Gasteiger partial charge is 0.381 e. The Balaban J connectivity index is 1.42. The van der Waals surface area contributed by atoms with Crippen molar-refractivity contribution in [2.45, 2.75) is 24.8 Å². The van der Waals surface area contributed by atoms with Crippen LogP contribution < -0.4 is 5.32 Å². The minimum atomic E-state index is 0.0570. The lowest BCUT2D eigenvalue weighted by Crippen LogP contribution is -2.48. The summed E-state index contributed by atoms with van der Waals surface area (Å²) in [5.74, 6) is 1.77. The SMILES string of the molecule is CN=C(NCC1(c2ccccc2)CCOCC1)N(C)Cc1ncc(-c2ccccc2)[nH]1. The van der Waals surface area contributed by atoms with Gasteiger partial charge in [-0.05, 0) is 24.0 Å². The van der Waals surface area contributed by atoms with Gasteiger partial charge in [0.05, 0.1) is 18.4 Å². The third-order valence-corrected chi connectivity index (χ3v) is 6.09. The number of H-pyrrole nitrogens is 1. The van der Waals surface area contributed by atoms with Gasteiger partial charge >= 0.3 is 0 Å². The van der Waals surface area contributed by atoms with Crippen molar-refractivity contribution in [1.82, 2.24) is 20.2 Å². The summed E-state index contributed by atoms with van der Waals surface area (Å²) < 4.78 is 5.66. The van der Waals surface area contributed by atoms with Gasteiger partial charge in [0.2, 0.25) is 0 Å². The molecule has 4 rings (SSSR count). The van der Waals surface area contributed by atoms with Crippen LogP contribution in [0, 0.1) is 0 Å². The summed E-state index contributed by atoms with van der Waals surface area (Å²) >= 11 is 0. The van der Waals surface area contributed by atoms with E-state index in [-0.39, 0.29) is 5.41 Å². The maximum Gasteiger partial charge on any atom is 0.193 e. The van der Waals surface area contributed by atoms with Gasteiger partial charge in [0, 0.05) is 39.3 Å². The van der Waals surface area contributed by atoms with E-state index in [4.69, 9.17) is 4.74 Å². The van der Waals surface area contributed by atoms with Crippen LogP contribution in [0.4, 0.5) is 0 Å². The van der Waals surface area contributed by atoms with Gasteiger partial charge in [0.15, 0.2) is 5.96 Å². The van der Waals surface area contributed by atoms with E-state index in [0.717, 1.165) is 55.6 Å². The van der Waals surface area contributed by atoms with Crippen LogP contribution in [0.2, 0.25) is 0 Å². The maximum absolute atomic E-state index is 5.66. The molecule has 1 aliphatic rings. The second-order valence-electron chi connectivity index (χ2n) is 8.13. The van der Waals surface area contributed by atoms with E-state index >= 15 is 0 Å². The molecule has 6 nitrogen and oxygen atoms in total. The van der Waals surface area contributed by atoms with Gasteiger partial charge < -0.3 is 19.9 Å². The number of ether oxygens (including phenoxy) is 1. The predicted octanol–water partition coefficient (Wildman–Crippen LogP) is 3.83. The molecule has 0 aliphatic carbocycles. The van der Waals surface area contributed by atoms with Crippen LogP contribution in [0.15, 0.2) is 71.9 Å². The Morgan fingerprint density at radius 2 is 1.77 bits per heavy atom. The van der Waals surface area contributed by atoms with Crippen LogP contribution in [0.3, 0.4) is 0 Å². The smallest absolute Gasteiger partial charge is 0.193 e. The highest BCUT2D eigenvalue weighted by Gasteiger charge is 2.34. The summed E-state index contributed by atoms with van der Waals surface area (Å²) in [6.07, 6.45) is 3.90. The number of hydrogen-bond acceptors (Lipinski definition) is 3. The van der Waals surface area contributed by atoms with E-state index in [1.165, 1.54) is 5.56 Å². The molecule has 1 fully saturated rings. The molecule has 3 aromatic rings. The molecule has 0 saturated carbocycles. The zero-order chi connectivity index (χ0) is 21.5. The van der Waals surface area contributed by atoms with E-state index < -0.39 is 0 Å². The second-order valence-corrected chi connectivity index (χ2v) is 8.13. The molecule has 0 spiro atoms. The summed E-state index contributed by atoms with van der Waals surface area (Å²) in [6.45, 7) is 3.05. The highest BCUT2D eigenvalue weighted by molar-refractivity contribution is 5.79. The van der Waals surface area contributed by atoms with Crippen molar-refractivity contribution in [2.75, 3.05) is 33.9 Å². The Morgan fingerprint density at radius 3 is 2.45 bits per heavy atom. The van der Waals surface area contributed by atoms with Crippen molar-refractivity contribution in [3.63, 3.8) is 0 Å². The number of aromatic nitrogens is 2. The van der Waals surface area contributed by atoms with E-state index in [1.807, 2.05) is 38.5 Å². The summed E-state index contributed by atoms with van der Waals surface area (Å²) in [7, 11) is 3.87. The summed E-state index contributed by atoms with van der Waals surface area (Å²) in [4.78, 5) is 14.6. The van der Waals surface area contributed by atoms with Crippen molar-refractivity contribution < 1.29 is 4.74 Å². The van der Waals surface area contributed by atoms with Crippen LogP contribution in [0.25, 0.3) is 11.3 Å². The number of nitrogens with one attached hydrogen (secondary N) is 2. The molecular weight excluding hydrogens is 386 g/mol. The molecule has 1 saturated heterocycles. The van der Waals surface area contributed by atoms with E-state index in [1.54, 1.807) is 0 Å². The van der Waals surface area contributed by atoms with Crippen LogP contribution in [0.1, 0.15) is 24.2 Å². The molecule has 0 unspecified atom stereocenters. The van der Waals surface area contributed by atoms with E-state index in [0.29, 0.717) is 6.54 Å². The Bertz CT molecular complexity index is 977. The van der Waals surface area contributed by atoms with Crippen molar-refractivity contribution in [3.8, 4) is 11.3 Å². The molecule has 2 N–H and O–H groups in total. The van der Waals surface area contributed by atoms with Gasteiger partial charge in [-0.15, -0.1) is 0 Å². The van der Waals surface area contributed by atoms with Crippen LogP contribution in [-0.4, -0.2) is 54.7 Å². The Hall–Kier alpha value is -3.12. The highest BCUT2D eigenvalue weighted by Crippen LogP contribution is 2.34. The Labute approximate surface area is 184 Å². The molecule has 0 radical (unpaired) electrons. The van der Waals surface area contributed by atoms with Gasteiger partial charge in [-0.25, -0.2) is 4.98 Å². The lowest BCUT2D eigenvalue weighted by atomic mass is 9.74. The minimum Gasteiger partial charge on any atom is -0.381 e. The summed E-state index contributed by atoms with van der Waals surface area (Å²) in [6, 6.07) is 21.0. The van der Waals surface area contributed by atoms with Crippen LogP contribution in [0.5, 0.6) is 0 Å².